The number of aromatic nitrogens is 3. The Kier molecular flexibility index (Phi) is 4.16. The van der Waals surface area contributed by atoms with Crippen LogP contribution in [0.15, 0.2) is 6.20 Å². The number of nitrogens with zero attached hydrogens (tertiary/aromatic N) is 4. The van der Waals surface area contributed by atoms with Gasteiger partial charge in [-0.05, 0) is 6.92 Å². The SMILES string of the molecule is CC(=O)CCn1cc(CN(C)C(C)=O)nn1. The van der Waals surface area contributed by atoms with Crippen molar-refractivity contribution in [3.05, 3.63) is 11.9 Å². The second kappa shape index (κ2) is 5.39. The lowest BCUT2D eigenvalue weighted by Gasteiger charge is -2.11. The van der Waals surface area contributed by atoms with Crippen LogP contribution < -0.4 is 0 Å². The summed E-state index contributed by atoms with van der Waals surface area (Å²) in [5.41, 5.74) is 0.723. The maximum atomic E-state index is 11.0. The summed E-state index contributed by atoms with van der Waals surface area (Å²) in [5, 5.41) is 7.80. The van der Waals surface area contributed by atoms with Gasteiger partial charge in [0.15, 0.2) is 0 Å². The third-order valence-corrected chi connectivity index (χ3v) is 2.22. The summed E-state index contributed by atoms with van der Waals surface area (Å²) in [6, 6.07) is 0. The molecule has 0 bridgehead atoms. The van der Waals surface area contributed by atoms with Crippen molar-refractivity contribution in [2.24, 2.45) is 0 Å². The summed E-state index contributed by atoms with van der Waals surface area (Å²) in [4.78, 5) is 23.3. The molecule has 1 heterocycles. The fourth-order valence-corrected chi connectivity index (χ4v) is 1.15. The lowest BCUT2D eigenvalue weighted by atomic mass is 10.3. The van der Waals surface area contributed by atoms with Crippen molar-refractivity contribution in [2.45, 2.75) is 33.4 Å². The number of carbonyl (C=O) groups excluding carboxylic acids is 2. The first-order valence-corrected chi connectivity index (χ1v) is 5.09. The number of carbonyl (C=O) groups is 2. The average Bonchev–Trinajstić information content (AvgIpc) is 2.62. The topological polar surface area (TPSA) is 68.1 Å². The molecule has 6 heteroatoms. The molecule has 0 N–H and O–H groups in total. The van der Waals surface area contributed by atoms with Crippen molar-refractivity contribution < 1.29 is 9.59 Å². The van der Waals surface area contributed by atoms with Crippen LogP contribution in [0.4, 0.5) is 0 Å². The van der Waals surface area contributed by atoms with Gasteiger partial charge in [0.1, 0.15) is 11.5 Å². The van der Waals surface area contributed by atoms with Crippen LogP contribution >= 0.6 is 0 Å². The highest BCUT2D eigenvalue weighted by Crippen LogP contribution is 1.99. The van der Waals surface area contributed by atoms with Gasteiger partial charge in [0.05, 0.1) is 12.7 Å². The molecule has 0 unspecified atom stereocenters. The van der Waals surface area contributed by atoms with Gasteiger partial charge in [0.25, 0.3) is 0 Å². The molecule has 88 valence electrons. The smallest absolute Gasteiger partial charge is 0.219 e. The van der Waals surface area contributed by atoms with Crippen LogP contribution in [0.5, 0.6) is 0 Å². The molecule has 1 amide bonds. The molecule has 0 radical (unpaired) electrons. The standard InChI is InChI=1S/C10H16N4O2/c1-8(15)4-5-14-7-10(11-12-14)6-13(3)9(2)16/h7H,4-6H2,1-3H3. The summed E-state index contributed by atoms with van der Waals surface area (Å²) in [5.74, 6) is 0.108. The zero-order chi connectivity index (χ0) is 12.1. The maximum absolute atomic E-state index is 11.0. The Labute approximate surface area is 94.2 Å². The van der Waals surface area contributed by atoms with E-state index in [0.717, 1.165) is 5.69 Å². The van der Waals surface area contributed by atoms with Crippen LogP contribution in [0.2, 0.25) is 0 Å². The molecular weight excluding hydrogens is 208 g/mol. The Morgan fingerprint density at radius 1 is 1.44 bits per heavy atom. The summed E-state index contributed by atoms with van der Waals surface area (Å²) in [7, 11) is 1.71. The number of amides is 1. The van der Waals surface area contributed by atoms with Gasteiger partial charge in [-0.1, -0.05) is 5.21 Å². The molecule has 0 aliphatic carbocycles. The van der Waals surface area contributed by atoms with Gasteiger partial charge in [0.2, 0.25) is 5.91 Å². The molecule has 6 nitrogen and oxygen atoms in total. The highest BCUT2D eigenvalue weighted by molar-refractivity contribution is 5.75. The number of hydrogen-bond acceptors (Lipinski definition) is 4. The minimum absolute atomic E-state index is 0.0155. The second-order valence-electron chi connectivity index (χ2n) is 3.80. The van der Waals surface area contributed by atoms with Crippen molar-refractivity contribution in [1.29, 1.82) is 0 Å². The zero-order valence-corrected chi connectivity index (χ0v) is 9.80. The van der Waals surface area contributed by atoms with Crippen LogP contribution in [-0.4, -0.2) is 38.6 Å². The molecular formula is C10H16N4O2. The maximum Gasteiger partial charge on any atom is 0.219 e. The highest BCUT2D eigenvalue weighted by atomic mass is 16.2. The summed E-state index contributed by atoms with van der Waals surface area (Å²) < 4.78 is 1.62. The first-order valence-electron chi connectivity index (χ1n) is 5.09. The molecule has 0 aliphatic rings. The van der Waals surface area contributed by atoms with E-state index in [1.807, 2.05) is 0 Å². The molecule has 0 aromatic carbocycles. The third-order valence-electron chi connectivity index (χ3n) is 2.22. The van der Waals surface area contributed by atoms with Gasteiger partial charge in [-0.15, -0.1) is 5.10 Å². The average molecular weight is 224 g/mol. The molecule has 0 saturated carbocycles. The Morgan fingerprint density at radius 2 is 2.12 bits per heavy atom. The van der Waals surface area contributed by atoms with E-state index in [1.165, 1.54) is 6.92 Å². The number of ketones is 1. The lowest BCUT2D eigenvalue weighted by Crippen LogP contribution is -2.23. The van der Waals surface area contributed by atoms with E-state index >= 15 is 0 Å². The van der Waals surface area contributed by atoms with Crippen molar-refractivity contribution in [1.82, 2.24) is 19.9 Å². The monoisotopic (exact) mass is 224 g/mol. The number of rotatable bonds is 5. The second-order valence-corrected chi connectivity index (χ2v) is 3.80. The molecule has 1 aromatic heterocycles. The molecule has 16 heavy (non-hydrogen) atoms. The lowest BCUT2D eigenvalue weighted by molar-refractivity contribution is -0.128. The summed E-state index contributed by atoms with van der Waals surface area (Å²) in [6.07, 6.45) is 2.20. The van der Waals surface area contributed by atoms with Crippen molar-refractivity contribution >= 4 is 11.7 Å². The third kappa shape index (κ3) is 3.80. The van der Waals surface area contributed by atoms with E-state index in [2.05, 4.69) is 10.3 Å². The minimum atomic E-state index is -0.0155. The Morgan fingerprint density at radius 3 is 2.69 bits per heavy atom. The molecule has 0 saturated heterocycles. The predicted octanol–water partition coefficient (Wildman–Crippen LogP) is 0.235. The van der Waals surface area contributed by atoms with E-state index in [4.69, 9.17) is 0 Å². The van der Waals surface area contributed by atoms with Gasteiger partial charge in [-0.2, -0.15) is 0 Å². The van der Waals surface area contributed by atoms with Crippen LogP contribution in [0.25, 0.3) is 0 Å². The highest BCUT2D eigenvalue weighted by Gasteiger charge is 2.07. The van der Waals surface area contributed by atoms with Gasteiger partial charge in [0, 0.05) is 26.9 Å². The molecule has 0 spiro atoms. The van der Waals surface area contributed by atoms with Crippen LogP contribution in [0.3, 0.4) is 0 Å². The van der Waals surface area contributed by atoms with Crippen LogP contribution in [0.1, 0.15) is 26.0 Å². The first-order chi connectivity index (χ1) is 7.49. The Hall–Kier alpha value is -1.72. The van der Waals surface area contributed by atoms with Gasteiger partial charge in [-0.25, -0.2) is 0 Å². The van der Waals surface area contributed by atoms with E-state index in [0.29, 0.717) is 19.5 Å². The Balaban J connectivity index is 2.51. The van der Waals surface area contributed by atoms with Crippen molar-refractivity contribution in [3.8, 4) is 0 Å². The quantitative estimate of drug-likeness (QED) is 0.718. The normalized spacial score (nSPS) is 10.2. The van der Waals surface area contributed by atoms with E-state index in [1.54, 1.807) is 29.7 Å². The summed E-state index contributed by atoms with van der Waals surface area (Å²) >= 11 is 0. The fraction of sp³-hybridized carbons (Fsp3) is 0.600. The largest absolute Gasteiger partial charge is 0.340 e. The number of Topliss-reactive ketones (excluding diaryl/α,β-unsaturated/α-hetero) is 1. The molecule has 0 fully saturated rings. The van der Waals surface area contributed by atoms with Crippen LogP contribution in [-0.2, 0) is 22.7 Å². The molecule has 1 aromatic rings. The zero-order valence-electron chi connectivity index (χ0n) is 9.80. The van der Waals surface area contributed by atoms with Gasteiger partial charge >= 0.3 is 0 Å². The van der Waals surface area contributed by atoms with Crippen molar-refractivity contribution in [3.63, 3.8) is 0 Å². The first kappa shape index (κ1) is 12.4. The molecule has 0 aliphatic heterocycles. The predicted molar refractivity (Wildman–Crippen MR) is 57.5 cm³/mol. The van der Waals surface area contributed by atoms with Gasteiger partial charge < -0.3 is 4.90 Å². The van der Waals surface area contributed by atoms with Crippen LogP contribution in [0, 0.1) is 0 Å². The van der Waals surface area contributed by atoms with E-state index in [9.17, 15) is 9.59 Å². The molecule has 1 rings (SSSR count). The van der Waals surface area contributed by atoms with E-state index in [-0.39, 0.29) is 11.7 Å². The number of aryl methyl sites for hydroxylation is 1. The fourth-order valence-electron chi connectivity index (χ4n) is 1.15. The van der Waals surface area contributed by atoms with Crippen molar-refractivity contribution in [2.75, 3.05) is 7.05 Å². The van der Waals surface area contributed by atoms with Gasteiger partial charge in [-0.3, -0.25) is 14.3 Å². The minimum Gasteiger partial charge on any atom is -0.340 e. The molecule has 0 atom stereocenters. The summed E-state index contributed by atoms with van der Waals surface area (Å²) in [6.45, 7) is 4.02. The van der Waals surface area contributed by atoms with E-state index < -0.39 is 0 Å². The number of hydrogen-bond donors (Lipinski definition) is 0. The Bertz CT molecular complexity index is 386.